The number of aromatic carboxylic acids is 1. The topological polar surface area (TPSA) is 68.0 Å². The molecule has 0 amide bonds. The average Bonchev–Trinajstić information content (AvgIpc) is 2.84. The number of imidazole rings is 1. The Labute approximate surface area is 111 Å². The average molecular weight is 285 g/mol. The second-order valence-corrected chi connectivity index (χ2v) is 3.94. The summed E-state index contributed by atoms with van der Waals surface area (Å²) in [5, 5.41) is 9.07. The molecule has 2 aromatic heterocycles. The number of carbonyl (C=O) groups is 1. The maximum atomic E-state index is 12.7. The number of nitrogens with zero attached hydrogens (tertiary/aromatic N) is 3. The highest BCUT2D eigenvalue weighted by Gasteiger charge is 2.34. The van der Waals surface area contributed by atoms with E-state index in [1.807, 2.05) is 0 Å². The number of alkyl halides is 3. The third-order valence-corrected chi connectivity index (χ3v) is 2.66. The van der Waals surface area contributed by atoms with Gasteiger partial charge in [-0.1, -0.05) is 6.92 Å². The van der Waals surface area contributed by atoms with Gasteiger partial charge < -0.3 is 5.11 Å². The maximum absolute atomic E-state index is 12.7. The molecule has 0 aliphatic carbocycles. The van der Waals surface area contributed by atoms with Crippen LogP contribution in [0.15, 0.2) is 24.5 Å². The van der Waals surface area contributed by atoms with E-state index in [2.05, 4.69) is 9.97 Å². The van der Waals surface area contributed by atoms with E-state index in [-0.39, 0.29) is 11.4 Å². The van der Waals surface area contributed by atoms with Crippen molar-refractivity contribution in [3.63, 3.8) is 0 Å². The first kappa shape index (κ1) is 14.0. The Morgan fingerprint density at radius 3 is 2.65 bits per heavy atom. The van der Waals surface area contributed by atoms with Crippen molar-refractivity contribution in [2.75, 3.05) is 0 Å². The van der Waals surface area contributed by atoms with Gasteiger partial charge in [-0.25, -0.2) is 14.8 Å². The molecule has 0 atom stereocenters. The van der Waals surface area contributed by atoms with Crippen LogP contribution >= 0.6 is 0 Å². The summed E-state index contributed by atoms with van der Waals surface area (Å²) in [6, 6.07) is 1.54. The molecule has 8 heteroatoms. The van der Waals surface area contributed by atoms with Gasteiger partial charge in [0.05, 0.1) is 0 Å². The first-order valence-electron chi connectivity index (χ1n) is 5.68. The van der Waals surface area contributed by atoms with E-state index >= 15 is 0 Å². The third kappa shape index (κ3) is 2.49. The standard InChI is InChI=1S/C12H10F3N3O2/c1-2-9-16-5-6-18(9)10-7(11(19)20)3-4-8(17-10)12(13,14)15/h3-6H,2H2,1H3,(H,19,20). The van der Waals surface area contributed by atoms with Crippen LogP contribution in [0.5, 0.6) is 0 Å². The molecule has 0 saturated carbocycles. The molecule has 5 nitrogen and oxygen atoms in total. The van der Waals surface area contributed by atoms with Gasteiger partial charge in [0.15, 0.2) is 5.82 Å². The molecule has 20 heavy (non-hydrogen) atoms. The highest BCUT2D eigenvalue weighted by molar-refractivity contribution is 5.91. The van der Waals surface area contributed by atoms with Crippen LogP contribution in [0, 0.1) is 0 Å². The van der Waals surface area contributed by atoms with Crippen LogP contribution in [0.3, 0.4) is 0 Å². The molecular formula is C12H10F3N3O2. The van der Waals surface area contributed by atoms with Gasteiger partial charge in [0.1, 0.15) is 17.1 Å². The number of halogens is 3. The number of hydrogen-bond acceptors (Lipinski definition) is 3. The molecule has 106 valence electrons. The van der Waals surface area contributed by atoms with E-state index in [0.29, 0.717) is 18.3 Å². The Bertz CT molecular complexity index is 650. The number of aryl methyl sites for hydroxylation is 1. The van der Waals surface area contributed by atoms with Crippen LogP contribution < -0.4 is 0 Å². The van der Waals surface area contributed by atoms with Crippen molar-refractivity contribution in [1.29, 1.82) is 0 Å². The molecule has 0 aromatic carbocycles. The zero-order valence-electron chi connectivity index (χ0n) is 10.3. The SMILES string of the molecule is CCc1nccn1-c1nc(C(F)(F)F)ccc1C(=O)O. The summed E-state index contributed by atoms with van der Waals surface area (Å²) in [6.07, 6.45) is -1.44. The zero-order valence-corrected chi connectivity index (χ0v) is 10.3. The Balaban J connectivity index is 2.68. The van der Waals surface area contributed by atoms with E-state index in [1.54, 1.807) is 6.92 Å². The van der Waals surface area contributed by atoms with E-state index in [4.69, 9.17) is 5.11 Å². The highest BCUT2D eigenvalue weighted by Crippen LogP contribution is 2.29. The van der Waals surface area contributed by atoms with Crippen molar-refractivity contribution in [1.82, 2.24) is 14.5 Å². The lowest BCUT2D eigenvalue weighted by Gasteiger charge is -2.12. The van der Waals surface area contributed by atoms with Gasteiger partial charge in [-0.2, -0.15) is 13.2 Å². The zero-order chi connectivity index (χ0) is 14.9. The first-order valence-corrected chi connectivity index (χ1v) is 5.68. The summed E-state index contributed by atoms with van der Waals surface area (Å²) in [6.45, 7) is 1.76. The van der Waals surface area contributed by atoms with Crippen LogP contribution in [-0.2, 0) is 12.6 Å². The summed E-state index contributed by atoms with van der Waals surface area (Å²) >= 11 is 0. The minimum atomic E-state index is -4.64. The molecule has 0 aliphatic heterocycles. The van der Waals surface area contributed by atoms with Crippen LogP contribution in [0.25, 0.3) is 5.82 Å². The van der Waals surface area contributed by atoms with Crippen LogP contribution in [0.2, 0.25) is 0 Å². The Morgan fingerprint density at radius 2 is 2.10 bits per heavy atom. The number of carboxylic acids is 1. The lowest BCUT2D eigenvalue weighted by atomic mass is 10.2. The Hall–Kier alpha value is -2.38. The number of carboxylic acid groups (broad SMARTS) is 1. The molecule has 1 N–H and O–H groups in total. The van der Waals surface area contributed by atoms with E-state index in [9.17, 15) is 18.0 Å². The van der Waals surface area contributed by atoms with Crippen LogP contribution in [-0.4, -0.2) is 25.6 Å². The molecule has 0 fully saturated rings. The monoisotopic (exact) mass is 285 g/mol. The molecular weight excluding hydrogens is 275 g/mol. The third-order valence-electron chi connectivity index (χ3n) is 2.66. The Morgan fingerprint density at radius 1 is 1.40 bits per heavy atom. The van der Waals surface area contributed by atoms with E-state index in [1.165, 1.54) is 17.0 Å². The first-order chi connectivity index (χ1) is 9.34. The summed E-state index contributed by atoms with van der Waals surface area (Å²) in [7, 11) is 0. The summed E-state index contributed by atoms with van der Waals surface area (Å²) in [5.41, 5.74) is -1.46. The minimum absolute atomic E-state index is 0.290. The lowest BCUT2D eigenvalue weighted by Crippen LogP contribution is -2.15. The maximum Gasteiger partial charge on any atom is 0.433 e. The number of pyridine rings is 1. The fraction of sp³-hybridized carbons (Fsp3) is 0.250. The van der Waals surface area contributed by atoms with Crippen molar-refractivity contribution < 1.29 is 23.1 Å². The minimum Gasteiger partial charge on any atom is -0.478 e. The Kier molecular flexibility index (Phi) is 3.47. The molecule has 2 aromatic rings. The molecule has 2 heterocycles. The summed E-state index contributed by atoms with van der Waals surface area (Å²) < 4.78 is 39.3. The van der Waals surface area contributed by atoms with Crippen molar-refractivity contribution in [3.05, 3.63) is 41.6 Å². The summed E-state index contributed by atoms with van der Waals surface area (Å²) in [4.78, 5) is 18.5. The van der Waals surface area contributed by atoms with Gasteiger partial charge in [0.2, 0.25) is 0 Å². The predicted molar refractivity (Wildman–Crippen MR) is 62.7 cm³/mol. The largest absolute Gasteiger partial charge is 0.478 e. The van der Waals surface area contributed by atoms with Crippen molar-refractivity contribution >= 4 is 5.97 Å². The molecule has 2 rings (SSSR count). The lowest BCUT2D eigenvalue weighted by molar-refractivity contribution is -0.141. The number of hydrogen-bond donors (Lipinski definition) is 1. The van der Waals surface area contributed by atoms with E-state index in [0.717, 1.165) is 6.07 Å². The van der Waals surface area contributed by atoms with Crippen molar-refractivity contribution in [3.8, 4) is 5.82 Å². The quantitative estimate of drug-likeness (QED) is 0.941. The molecule has 0 bridgehead atoms. The van der Waals surface area contributed by atoms with Gasteiger partial charge in [0.25, 0.3) is 0 Å². The number of rotatable bonds is 3. The van der Waals surface area contributed by atoms with Gasteiger partial charge in [-0.05, 0) is 12.1 Å². The van der Waals surface area contributed by atoms with E-state index < -0.39 is 17.8 Å². The van der Waals surface area contributed by atoms with Gasteiger partial charge in [-0.3, -0.25) is 4.57 Å². The molecule has 0 radical (unpaired) electrons. The van der Waals surface area contributed by atoms with Crippen LogP contribution in [0.4, 0.5) is 13.2 Å². The second-order valence-electron chi connectivity index (χ2n) is 3.94. The predicted octanol–water partition coefficient (Wildman–Crippen LogP) is 2.55. The van der Waals surface area contributed by atoms with Gasteiger partial charge in [-0.15, -0.1) is 0 Å². The molecule has 0 unspecified atom stereocenters. The fourth-order valence-electron chi connectivity index (χ4n) is 1.75. The van der Waals surface area contributed by atoms with Crippen LogP contribution in [0.1, 0.15) is 28.8 Å². The highest BCUT2D eigenvalue weighted by atomic mass is 19.4. The van der Waals surface area contributed by atoms with Crippen molar-refractivity contribution in [2.45, 2.75) is 19.5 Å². The fourth-order valence-corrected chi connectivity index (χ4v) is 1.75. The molecule has 0 saturated heterocycles. The number of aromatic nitrogens is 3. The van der Waals surface area contributed by atoms with Gasteiger partial charge in [0, 0.05) is 18.8 Å². The molecule has 0 spiro atoms. The summed E-state index contributed by atoms with van der Waals surface area (Å²) in [5.74, 6) is -1.21. The normalized spacial score (nSPS) is 11.6. The van der Waals surface area contributed by atoms with Gasteiger partial charge >= 0.3 is 12.1 Å². The smallest absolute Gasteiger partial charge is 0.433 e. The second kappa shape index (κ2) is 4.95. The molecule has 0 aliphatic rings. The van der Waals surface area contributed by atoms with Crippen molar-refractivity contribution in [2.24, 2.45) is 0 Å².